The Hall–Kier alpha value is 0.170. The summed E-state index contributed by atoms with van der Waals surface area (Å²) in [4.78, 5) is 4.59. The average Bonchev–Trinajstić information content (AvgIpc) is 2.18. The fourth-order valence-corrected chi connectivity index (χ4v) is 2.95. The van der Waals surface area contributed by atoms with Gasteiger partial charge in [0.15, 0.2) is 5.17 Å². The van der Waals surface area contributed by atoms with Crippen LogP contribution in [0.3, 0.4) is 0 Å². The van der Waals surface area contributed by atoms with Gasteiger partial charge in [-0.15, -0.1) is 0 Å². The third-order valence-corrected chi connectivity index (χ3v) is 4.47. The van der Waals surface area contributed by atoms with Crippen LogP contribution < -0.4 is 5.32 Å². The molecule has 0 aromatic carbocycles. The SMILES string of the molecule is CSCCC(C)NC1=NCC(C)(C)CS1. The summed E-state index contributed by atoms with van der Waals surface area (Å²) in [7, 11) is 0. The molecular weight excluding hydrogens is 224 g/mol. The molecule has 1 heterocycles. The molecule has 1 N–H and O–H groups in total. The van der Waals surface area contributed by atoms with Crippen molar-refractivity contribution in [3.8, 4) is 0 Å². The van der Waals surface area contributed by atoms with Crippen LogP contribution in [0.1, 0.15) is 27.2 Å². The maximum Gasteiger partial charge on any atom is 0.156 e. The third-order valence-electron chi connectivity index (χ3n) is 2.38. The van der Waals surface area contributed by atoms with E-state index in [9.17, 15) is 0 Å². The molecule has 0 amide bonds. The molecule has 1 rings (SSSR count). The summed E-state index contributed by atoms with van der Waals surface area (Å²) < 4.78 is 0. The molecule has 1 aliphatic heterocycles. The maximum atomic E-state index is 4.59. The molecule has 2 nitrogen and oxygen atoms in total. The zero-order valence-electron chi connectivity index (χ0n) is 10.2. The number of rotatable bonds is 4. The van der Waals surface area contributed by atoms with E-state index in [1.807, 2.05) is 23.5 Å². The zero-order valence-corrected chi connectivity index (χ0v) is 11.8. The quantitative estimate of drug-likeness (QED) is 0.825. The van der Waals surface area contributed by atoms with E-state index in [0.717, 1.165) is 11.7 Å². The predicted octanol–water partition coefficient (Wildman–Crippen LogP) is 2.85. The Morgan fingerprint density at radius 1 is 1.60 bits per heavy atom. The van der Waals surface area contributed by atoms with Crippen LogP contribution in [0.4, 0.5) is 0 Å². The summed E-state index contributed by atoms with van der Waals surface area (Å²) in [5.41, 5.74) is 0.373. The van der Waals surface area contributed by atoms with Crippen molar-refractivity contribution in [3.05, 3.63) is 0 Å². The van der Waals surface area contributed by atoms with Gasteiger partial charge in [-0.2, -0.15) is 11.8 Å². The molecule has 0 aliphatic carbocycles. The normalized spacial score (nSPS) is 22.0. The first-order valence-electron chi connectivity index (χ1n) is 5.46. The van der Waals surface area contributed by atoms with Crippen LogP contribution >= 0.6 is 23.5 Å². The lowest BCUT2D eigenvalue weighted by Crippen LogP contribution is -2.36. The van der Waals surface area contributed by atoms with E-state index in [1.165, 1.54) is 17.9 Å². The summed E-state index contributed by atoms with van der Waals surface area (Å²) in [5.74, 6) is 2.39. The summed E-state index contributed by atoms with van der Waals surface area (Å²) >= 11 is 3.77. The summed E-state index contributed by atoms with van der Waals surface area (Å²) in [6.07, 6.45) is 3.37. The maximum absolute atomic E-state index is 4.59. The molecule has 0 radical (unpaired) electrons. The topological polar surface area (TPSA) is 24.4 Å². The summed E-state index contributed by atoms with van der Waals surface area (Å²) in [6.45, 7) is 7.74. The van der Waals surface area contributed by atoms with E-state index >= 15 is 0 Å². The highest BCUT2D eigenvalue weighted by Crippen LogP contribution is 2.27. The molecule has 0 aromatic rings. The largest absolute Gasteiger partial charge is 0.362 e. The lowest BCUT2D eigenvalue weighted by molar-refractivity contribution is 0.436. The Morgan fingerprint density at radius 3 is 2.87 bits per heavy atom. The molecule has 0 spiro atoms. The minimum atomic E-state index is 0.373. The minimum absolute atomic E-state index is 0.373. The van der Waals surface area contributed by atoms with Gasteiger partial charge in [-0.05, 0) is 30.8 Å². The van der Waals surface area contributed by atoms with Gasteiger partial charge in [0.25, 0.3) is 0 Å². The van der Waals surface area contributed by atoms with Crippen molar-refractivity contribution in [3.63, 3.8) is 0 Å². The second-order valence-corrected chi connectivity index (χ2v) is 6.85. The van der Waals surface area contributed by atoms with Gasteiger partial charge < -0.3 is 5.32 Å². The first kappa shape index (κ1) is 13.2. The lowest BCUT2D eigenvalue weighted by atomic mass is 9.97. The Balaban J connectivity index is 2.30. The van der Waals surface area contributed by atoms with Crippen LogP contribution in [0.25, 0.3) is 0 Å². The van der Waals surface area contributed by atoms with Crippen molar-refractivity contribution >= 4 is 28.7 Å². The number of hydrogen-bond donors (Lipinski definition) is 1. The standard InChI is InChI=1S/C11H22N2S2/c1-9(5-6-14-4)13-10-12-7-11(2,3)8-15-10/h9H,5-8H2,1-4H3,(H,12,13). The summed E-state index contributed by atoms with van der Waals surface area (Å²) in [5, 5.41) is 4.63. The smallest absolute Gasteiger partial charge is 0.156 e. The van der Waals surface area contributed by atoms with E-state index < -0.39 is 0 Å². The van der Waals surface area contributed by atoms with Gasteiger partial charge in [-0.25, -0.2) is 0 Å². The molecule has 0 saturated carbocycles. The van der Waals surface area contributed by atoms with Crippen molar-refractivity contribution in [2.45, 2.75) is 33.2 Å². The predicted molar refractivity (Wildman–Crippen MR) is 74.1 cm³/mol. The van der Waals surface area contributed by atoms with Crippen molar-refractivity contribution in [2.24, 2.45) is 10.4 Å². The molecule has 88 valence electrons. The third kappa shape index (κ3) is 5.16. The van der Waals surface area contributed by atoms with E-state index in [4.69, 9.17) is 0 Å². The average molecular weight is 246 g/mol. The Kier molecular flexibility index (Phi) is 5.33. The molecule has 1 aliphatic rings. The van der Waals surface area contributed by atoms with Gasteiger partial charge in [0.1, 0.15) is 0 Å². The van der Waals surface area contributed by atoms with Gasteiger partial charge in [0.2, 0.25) is 0 Å². The van der Waals surface area contributed by atoms with Crippen molar-refractivity contribution < 1.29 is 0 Å². The van der Waals surface area contributed by atoms with Crippen LogP contribution in [-0.4, -0.2) is 35.5 Å². The molecule has 0 bridgehead atoms. The highest BCUT2D eigenvalue weighted by atomic mass is 32.2. The minimum Gasteiger partial charge on any atom is -0.362 e. The number of hydrogen-bond acceptors (Lipinski definition) is 4. The van der Waals surface area contributed by atoms with Crippen molar-refractivity contribution in [1.29, 1.82) is 0 Å². The second kappa shape index (κ2) is 6.04. The van der Waals surface area contributed by atoms with Gasteiger partial charge in [-0.3, -0.25) is 4.99 Å². The van der Waals surface area contributed by atoms with Gasteiger partial charge in [0.05, 0.1) is 0 Å². The molecule has 0 fully saturated rings. The fourth-order valence-electron chi connectivity index (χ4n) is 1.31. The van der Waals surface area contributed by atoms with E-state index in [1.54, 1.807) is 0 Å². The van der Waals surface area contributed by atoms with E-state index in [-0.39, 0.29) is 0 Å². The fraction of sp³-hybridized carbons (Fsp3) is 0.909. The number of nitrogens with one attached hydrogen (secondary N) is 1. The Morgan fingerprint density at radius 2 is 2.33 bits per heavy atom. The first-order valence-corrected chi connectivity index (χ1v) is 7.84. The van der Waals surface area contributed by atoms with Gasteiger partial charge in [-0.1, -0.05) is 25.6 Å². The highest BCUT2D eigenvalue weighted by Gasteiger charge is 2.23. The zero-order chi connectivity index (χ0) is 11.3. The van der Waals surface area contributed by atoms with E-state index in [0.29, 0.717) is 11.5 Å². The van der Waals surface area contributed by atoms with Crippen molar-refractivity contribution in [2.75, 3.05) is 24.3 Å². The summed E-state index contributed by atoms with van der Waals surface area (Å²) in [6, 6.07) is 0.546. The van der Waals surface area contributed by atoms with Crippen LogP contribution in [0.15, 0.2) is 4.99 Å². The first-order chi connectivity index (χ1) is 7.03. The van der Waals surface area contributed by atoms with Crippen molar-refractivity contribution in [1.82, 2.24) is 5.32 Å². The number of nitrogens with zero attached hydrogens (tertiary/aromatic N) is 1. The highest BCUT2D eigenvalue weighted by molar-refractivity contribution is 8.13. The number of thioether (sulfide) groups is 2. The molecule has 15 heavy (non-hydrogen) atoms. The second-order valence-electron chi connectivity index (χ2n) is 4.90. The monoisotopic (exact) mass is 246 g/mol. The number of aliphatic imine (C=N–C) groups is 1. The van der Waals surface area contributed by atoms with Crippen LogP contribution in [0, 0.1) is 5.41 Å². The molecule has 0 saturated heterocycles. The van der Waals surface area contributed by atoms with Crippen LogP contribution in [0.5, 0.6) is 0 Å². The Bertz CT molecular complexity index is 227. The lowest BCUT2D eigenvalue weighted by Gasteiger charge is -2.28. The molecular formula is C11H22N2S2. The van der Waals surface area contributed by atoms with Gasteiger partial charge >= 0.3 is 0 Å². The molecule has 1 atom stereocenters. The Labute approximate surface area is 102 Å². The van der Waals surface area contributed by atoms with E-state index in [2.05, 4.69) is 37.3 Å². The van der Waals surface area contributed by atoms with Gasteiger partial charge in [0, 0.05) is 18.3 Å². The molecule has 1 unspecified atom stereocenters. The van der Waals surface area contributed by atoms with Crippen LogP contribution in [-0.2, 0) is 0 Å². The van der Waals surface area contributed by atoms with Crippen LogP contribution in [0.2, 0.25) is 0 Å². The molecule has 0 aromatic heterocycles. The molecule has 4 heteroatoms. The number of amidine groups is 1.